The third kappa shape index (κ3) is 2.66. The predicted octanol–water partition coefficient (Wildman–Crippen LogP) is 2.25. The smallest absolute Gasteiger partial charge is 0.224 e. The van der Waals surface area contributed by atoms with Crippen LogP contribution in [0.2, 0.25) is 0 Å². The Morgan fingerprint density at radius 3 is 3.00 bits per heavy atom. The molecule has 0 bridgehead atoms. The summed E-state index contributed by atoms with van der Waals surface area (Å²) >= 11 is 1.58. The summed E-state index contributed by atoms with van der Waals surface area (Å²) in [5.74, 6) is 0.0330. The van der Waals surface area contributed by atoms with E-state index < -0.39 is 0 Å². The second kappa shape index (κ2) is 5.24. The highest BCUT2D eigenvalue weighted by molar-refractivity contribution is 7.15. The van der Waals surface area contributed by atoms with E-state index in [0.717, 1.165) is 16.2 Å². The summed E-state index contributed by atoms with van der Waals surface area (Å²) in [7, 11) is 0. The molecule has 4 nitrogen and oxygen atoms in total. The number of carbonyl (C=O) groups is 1. The number of carbonyl (C=O) groups excluding carboxylic acids is 1. The van der Waals surface area contributed by atoms with Gasteiger partial charge in [-0.05, 0) is 5.56 Å². The molecule has 96 valence electrons. The van der Waals surface area contributed by atoms with Crippen LogP contribution in [-0.4, -0.2) is 15.3 Å². The van der Waals surface area contributed by atoms with Crippen molar-refractivity contribution in [2.45, 2.75) is 13.0 Å². The van der Waals surface area contributed by atoms with Crippen LogP contribution in [0.4, 0.5) is 0 Å². The highest BCUT2D eigenvalue weighted by Crippen LogP contribution is 2.14. The zero-order chi connectivity index (χ0) is 13.1. The van der Waals surface area contributed by atoms with Crippen molar-refractivity contribution in [2.75, 3.05) is 0 Å². The lowest BCUT2D eigenvalue weighted by Gasteiger charge is -2.04. The minimum atomic E-state index is 0.0330. The van der Waals surface area contributed by atoms with Crippen LogP contribution in [-0.2, 0) is 17.8 Å². The van der Waals surface area contributed by atoms with Gasteiger partial charge in [-0.1, -0.05) is 30.3 Å². The lowest BCUT2D eigenvalue weighted by molar-refractivity contribution is -0.120. The Bertz CT molecular complexity index is 687. The molecule has 0 fully saturated rings. The molecule has 0 saturated carbocycles. The van der Waals surface area contributed by atoms with Gasteiger partial charge in [-0.2, -0.15) is 0 Å². The molecule has 0 unspecified atom stereocenters. The van der Waals surface area contributed by atoms with Crippen molar-refractivity contribution in [3.8, 4) is 0 Å². The molecule has 1 aromatic carbocycles. The number of imidazole rings is 1. The number of aromatic nitrogens is 2. The molecule has 1 amide bonds. The Kier molecular flexibility index (Phi) is 3.29. The van der Waals surface area contributed by atoms with Crippen molar-refractivity contribution in [3.05, 3.63) is 59.4 Å². The Balaban J connectivity index is 1.60. The van der Waals surface area contributed by atoms with Gasteiger partial charge in [-0.15, -0.1) is 11.3 Å². The number of hydrogen-bond acceptors (Lipinski definition) is 3. The fourth-order valence-electron chi connectivity index (χ4n) is 1.93. The zero-order valence-electron chi connectivity index (χ0n) is 10.2. The summed E-state index contributed by atoms with van der Waals surface area (Å²) in [6.07, 6.45) is 4.09. The lowest BCUT2D eigenvalue weighted by Crippen LogP contribution is -2.25. The number of benzene rings is 1. The van der Waals surface area contributed by atoms with E-state index in [-0.39, 0.29) is 5.91 Å². The van der Waals surface area contributed by atoms with Gasteiger partial charge in [-0.3, -0.25) is 9.20 Å². The highest BCUT2D eigenvalue weighted by Gasteiger charge is 2.06. The van der Waals surface area contributed by atoms with Gasteiger partial charge in [0.05, 0.1) is 18.7 Å². The topological polar surface area (TPSA) is 46.4 Å². The van der Waals surface area contributed by atoms with Gasteiger partial charge < -0.3 is 5.32 Å². The number of amides is 1. The van der Waals surface area contributed by atoms with Gasteiger partial charge >= 0.3 is 0 Å². The molecule has 0 aliphatic rings. The standard InChI is InChI=1S/C14H13N3OS/c18-13(8-11-4-2-1-3-5-11)16-9-12-10-19-14-15-6-7-17(12)14/h1-7,10H,8-9H2,(H,16,18). The number of hydrogen-bond donors (Lipinski definition) is 1. The average molecular weight is 271 g/mol. The Morgan fingerprint density at radius 1 is 1.32 bits per heavy atom. The summed E-state index contributed by atoms with van der Waals surface area (Å²) in [6, 6.07) is 9.74. The van der Waals surface area contributed by atoms with E-state index in [9.17, 15) is 4.79 Å². The van der Waals surface area contributed by atoms with Gasteiger partial charge in [0.15, 0.2) is 4.96 Å². The molecular formula is C14H13N3OS. The van der Waals surface area contributed by atoms with Crippen LogP contribution < -0.4 is 5.32 Å². The molecule has 0 aliphatic heterocycles. The van der Waals surface area contributed by atoms with Crippen LogP contribution >= 0.6 is 11.3 Å². The maximum absolute atomic E-state index is 11.8. The first kappa shape index (κ1) is 11.9. The largest absolute Gasteiger partial charge is 0.350 e. The van der Waals surface area contributed by atoms with Crippen molar-refractivity contribution in [1.29, 1.82) is 0 Å². The van der Waals surface area contributed by atoms with Gasteiger partial charge in [0.25, 0.3) is 0 Å². The van der Waals surface area contributed by atoms with Crippen LogP contribution in [0.3, 0.4) is 0 Å². The van der Waals surface area contributed by atoms with Crippen LogP contribution in [0, 0.1) is 0 Å². The summed E-state index contributed by atoms with van der Waals surface area (Å²) < 4.78 is 1.99. The lowest BCUT2D eigenvalue weighted by atomic mass is 10.1. The van der Waals surface area contributed by atoms with Gasteiger partial charge in [-0.25, -0.2) is 4.98 Å². The molecule has 0 atom stereocenters. The fraction of sp³-hybridized carbons (Fsp3) is 0.143. The number of thiazole rings is 1. The highest BCUT2D eigenvalue weighted by atomic mass is 32.1. The molecule has 0 spiro atoms. The van der Waals surface area contributed by atoms with E-state index in [0.29, 0.717) is 13.0 Å². The SMILES string of the molecule is O=C(Cc1ccccc1)NCc1csc2nccn12. The molecule has 3 aromatic rings. The normalized spacial score (nSPS) is 10.7. The van der Waals surface area contributed by atoms with E-state index in [1.807, 2.05) is 46.3 Å². The molecule has 5 heteroatoms. The van der Waals surface area contributed by atoms with Crippen molar-refractivity contribution in [1.82, 2.24) is 14.7 Å². The maximum Gasteiger partial charge on any atom is 0.224 e. The molecule has 2 heterocycles. The van der Waals surface area contributed by atoms with Crippen LogP contribution in [0.25, 0.3) is 4.96 Å². The quantitative estimate of drug-likeness (QED) is 0.791. The third-order valence-electron chi connectivity index (χ3n) is 2.89. The van der Waals surface area contributed by atoms with Crippen molar-refractivity contribution >= 4 is 22.2 Å². The first-order valence-corrected chi connectivity index (χ1v) is 6.91. The fourth-order valence-corrected chi connectivity index (χ4v) is 2.78. The minimum absolute atomic E-state index is 0.0330. The zero-order valence-corrected chi connectivity index (χ0v) is 11.1. The van der Waals surface area contributed by atoms with E-state index in [1.165, 1.54) is 0 Å². The van der Waals surface area contributed by atoms with E-state index in [2.05, 4.69) is 10.3 Å². The number of nitrogens with one attached hydrogen (secondary N) is 1. The number of rotatable bonds is 4. The van der Waals surface area contributed by atoms with Crippen molar-refractivity contribution < 1.29 is 4.79 Å². The molecule has 19 heavy (non-hydrogen) atoms. The molecule has 1 N–H and O–H groups in total. The van der Waals surface area contributed by atoms with Gasteiger partial charge in [0.2, 0.25) is 5.91 Å². The van der Waals surface area contributed by atoms with Crippen LogP contribution in [0.5, 0.6) is 0 Å². The Labute approximate surface area is 114 Å². The molecule has 2 aromatic heterocycles. The predicted molar refractivity (Wildman–Crippen MR) is 75.1 cm³/mol. The average Bonchev–Trinajstić information content (AvgIpc) is 3.01. The second-order valence-corrected chi connectivity index (χ2v) is 5.08. The van der Waals surface area contributed by atoms with Crippen molar-refractivity contribution in [3.63, 3.8) is 0 Å². The first-order valence-electron chi connectivity index (χ1n) is 6.03. The molecular weight excluding hydrogens is 258 g/mol. The summed E-state index contributed by atoms with van der Waals surface area (Å²) in [6.45, 7) is 0.530. The van der Waals surface area contributed by atoms with E-state index in [4.69, 9.17) is 0 Å². The van der Waals surface area contributed by atoms with E-state index in [1.54, 1.807) is 17.5 Å². The molecule has 0 aliphatic carbocycles. The molecule has 3 rings (SSSR count). The van der Waals surface area contributed by atoms with E-state index >= 15 is 0 Å². The van der Waals surface area contributed by atoms with Crippen LogP contribution in [0.15, 0.2) is 48.1 Å². The minimum Gasteiger partial charge on any atom is -0.350 e. The summed E-state index contributed by atoms with van der Waals surface area (Å²) in [5, 5.41) is 4.95. The van der Waals surface area contributed by atoms with Crippen molar-refractivity contribution in [2.24, 2.45) is 0 Å². The monoisotopic (exact) mass is 271 g/mol. The van der Waals surface area contributed by atoms with Gasteiger partial charge in [0, 0.05) is 17.8 Å². The first-order chi connectivity index (χ1) is 9.33. The third-order valence-corrected chi connectivity index (χ3v) is 3.79. The summed E-state index contributed by atoms with van der Waals surface area (Å²) in [4.78, 5) is 17.0. The Morgan fingerprint density at radius 2 is 2.16 bits per heavy atom. The van der Waals surface area contributed by atoms with Gasteiger partial charge in [0.1, 0.15) is 0 Å². The second-order valence-electron chi connectivity index (χ2n) is 4.25. The summed E-state index contributed by atoms with van der Waals surface area (Å²) in [5.41, 5.74) is 2.08. The molecule has 0 saturated heterocycles. The number of fused-ring (bicyclic) bond motifs is 1. The number of nitrogens with zero attached hydrogens (tertiary/aromatic N) is 2. The Hall–Kier alpha value is -2.14. The maximum atomic E-state index is 11.8. The van der Waals surface area contributed by atoms with Crippen LogP contribution in [0.1, 0.15) is 11.3 Å². The molecule has 0 radical (unpaired) electrons.